The van der Waals surface area contributed by atoms with E-state index in [4.69, 9.17) is 9.47 Å². The zero-order valence-electron chi connectivity index (χ0n) is 18.9. The van der Waals surface area contributed by atoms with Crippen LogP contribution in [0, 0.1) is 5.92 Å². The highest BCUT2D eigenvalue weighted by Crippen LogP contribution is 2.39. The van der Waals surface area contributed by atoms with E-state index in [9.17, 15) is 9.59 Å². The molecular formula is C26H31N3O4. The van der Waals surface area contributed by atoms with Gasteiger partial charge in [0.15, 0.2) is 11.5 Å². The van der Waals surface area contributed by atoms with Crippen LogP contribution < -0.4 is 14.8 Å². The molecule has 3 aliphatic heterocycles. The van der Waals surface area contributed by atoms with Gasteiger partial charge < -0.3 is 24.6 Å². The van der Waals surface area contributed by atoms with E-state index in [0.717, 1.165) is 61.4 Å². The first kappa shape index (κ1) is 21.6. The lowest BCUT2D eigenvalue weighted by atomic mass is 9.95. The number of para-hydroxylation sites is 1. The van der Waals surface area contributed by atoms with E-state index in [2.05, 4.69) is 11.4 Å². The Hall–Kier alpha value is -3.22. The highest BCUT2D eigenvalue weighted by molar-refractivity contribution is 5.90. The number of nitrogens with one attached hydrogen (secondary N) is 1. The molecule has 0 radical (unpaired) electrons. The smallest absolute Gasteiger partial charge is 0.321 e. The largest absolute Gasteiger partial charge is 0.490 e. The van der Waals surface area contributed by atoms with Crippen molar-refractivity contribution in [3.8, 4) is 11.5 Å². The molecule has 5 rings (SSSR count). The molecule has 2 unspecified atom stereocenters. The lowest BCUT2D eigenvalue weighted by molar-refractivity contribution is -0.137. The SMILES string of the molecule is O=C(Nc1ccccc1)N1CCCC(C(=O)N2CCCC2c2ccc3c(c2)OCCCO3)C1. The van der Waals surface area contributed by atoms with Gasteiger partial charge in [-0.3, -0.25) is 4.79 Å². The van der Waals surface area contributed by atoms with Gasteiger partial charge in [0.05, 0.1) is 25.2 Å². The summed E-state index contributed by atoms with van der Waals surface area (Å²) in [5.41, 5.74) is 1.87. The van der Waals surface area contributed by atoms with Crippen LogP contribution in [0.3, 0.4) is 0 Å². The minimum absolute atomic E-state index is 0.0446. The van der Waals surface area contributed by atoms with E-state index in [0.29, 0.717) is 26.3 Å². The van der Waals surface area contributed by atoms with Crippen LogP contribution in [-0.2, 0) is 4.79 Å². The maximum Gasteiger partial charge on any atom is 0.321 e. The summed E-state index contributed by atoms with van der Waals surface area (Å²) >= 11 is 0. The van der Waals surface area contributed by atoms with Gasteiger partial charge in [0.1, 0.15) is 0 Å². The molecule has 7 heteroatoms. The van der Waals surface area contributed by atoms with Crippen LogP contribution >= 0.6 is 0 Å². The molecule has 2 saturated heterocycles. The Morgan fingerprint density at radius 2 is 1.67 bits per heavy atom. The van der Waals surface area contributed by atoms with Crippen LogP contribution in [0.1, 0.15) is 43.7 Å². The maximum atomic E-state index is 13.6. The number of likely N-dealkylation sites (tertiary alicyclic amines) is 2. The van der Waals surface area contributed by atoms with Crippen LogP contribution in [0.5, 0.6) is 11.5 Å². The minimum atomic E-state index is -0.165. The van der Waals surface area contributed by atoms with Gasteiger partial charge in [0, 0.05) is 31.7 Å². The number of piperidine rings is 1. The molecule has 7 nitrogen and oxygen atoms in total. The normalized spacial score (nSPS) is 22.5. The van der Waals surface area contributed by atoms with Gasteiger partial charge >= 0.3 is 6.03 Å². The number of carbonyl (C=O) groups is 2. The van der Waals surface area contributed by atoms with Crippen molar-refractivity contribution in [2.75, 3.05) is 38.2 Å². The number of benzene rings is 2. The summed E-state index contributed by atoms with van der Waals surface area (Å²) in [6, 6.07) is 15.4. The molecule has 3 aliphatic rings. The van der Waals surface area contributed by atoms with Gasteiger partial charge in [-0.1, -0.05) is 24.3 Å². The quantitative estimate of drug-likeness (QED) is 0.751. The molecule has 2 fully saturated rings. The molecule has 0 aromatic heterocycles. The van der Waals surface area contributed by atoms with E-state index in [-0.39, 0.29) is 23.9 Å². The first-order chi connectivity index (χ1) is 16.2. The monoisotopic (exact) mass is 449 g/mol. The fourth-order valence-electron chi connectivity index (χ4n) is 5.09. The summed E-state index contributed by atoms with van der Waals surface area (Å²) < 4.78 is 11.6. The topological polar surface area (TPSA) is 71.1 Å². The number of fused-ring (bicyclic) bond motifs is 1. The third-order valence-corrected chi connectivity index (χ3v) is 6.78. The lowest BCUT2D eigenvalue weighted by Crippen LogP contribution is -2.47. The van der Waals surface area contributed by atoms with Crippen molar-refractivity contribution in [3.05, 3.63) is 54.1 Å². The maximum absolute atomic E-state index is 13.6. The Morgan fingerprint density at radius 1 is 0.879 bits per heavy atom. The molecule has 3 heterocycles. The molecule has 0 spiro atoms. The van der Waals surface area contributed by atoms with E-state index in [1.165, 1.54) is 0 Å². The zero-order chi connectivity index (χ0) is 22.6. The van der Waals surface area contributed by atoms with E-state index in [1.54, 1.807) is 4.90 Å². The average molecular weight is 450 g/mol. The second kappa shape index (κ2) is 9.73. The van der Waals surface area contributed by atoms with E-state index in [1.807, 2.05) is 47.4 Å². The summed E-state index contributed by atoms with van der Waals surface area (Å²) in [5, 5.41) is 2.95. The Morgan fingerprint density at radius 3 is 2.52 bits per heavy atom. The van der Waals surface area contributed by atoms with Crippen LogP contribution in [-0.4, -0.2) is 54.6 Å². The van der Waals surface area contributed by atoms with Crippen LogP contribution in [0.15, 0.2) is 48.5 Å². The third-order valence-electron chi connectivity index (χ3n) is 6.78. The Balaban J connectivity index is 1.26. The molecule has 2 aromatic carbocycles. The summed E-state index contributed by atoms with van der Waals surface area (Å²) in [7, 11) is 0. The first-order valence-electron chi connectivity index (χ1n) is 12.0. The Labute approximate surface area is 194 Å². The number of amides is 3. The number of urea groups is 1. The van der Waals surface area contributed by atoms with Gasteiger partial charge in [-0.2, -0.15) is 0 Å². The fourth-order valence-corrected chi connectivity index (χ4v) is 5.09. The number of carbonyl (C=O) groups excluding carboxylic acids is 2. The van der Waals surface area contributed by atoms with Crippen molar-refractivity contribution in [1.29, 1.82) is 0 Å². The van der Waals surface area contributed by atoms with Gasteiger partial charge in [-0.05, 0) is 55.5 Å². The molecule has 0 saturated carbocycles. The minimum Gasteiger partial charge on any atom is -0.490 e. The van der Waals surface area contributed by atoms with Gasteiger partial charge in [-0.15, -0.1) is 0 Å². The number of ether oxygens (including phenoxy) is 2. The van der Waals surface area contributed by atoms with Crippen LogP contribution in [0.4, 0.5) is 10.5 Å². The summed E-state index contributed by atoms with van der Waals surface area (Å²) in [6.07, 6.45) is 4.44. The molecule has 0 aliphatic carbocycles. The summed E-state index contributed by atoms with van der Waals surface area (Å²) in [6.45, 7) is 3.20. The molecular weight excluding hydrogens is 418 g/mol. The molecule has 3 amide bonds. The second-order valence-corrected chi connectivity index (χ2v) is 9.03. The van der Waals surface area contributed by atoms with Crippen molar-refractivity contribution in [1.82, 2.24) is 9.80 Å². The Kier molecular flexibility index (Phi) is 6.37. The van der Waals surface area contributed by atoms with Crippen molar-refractivity contribution < 1.29 is 19.1 Å². The van der Waals surface area contributed by atoms with Gasteiger partial charge in [-0.25, -0.2) is 4.79 Å². The summed E-state index contributed by atoms with van der Waals surface area (Å²) in [4.78, 5) is 30.1. The average Bonchev–Trinajstić information content (AvgIpc) is 3.23. The van der Waals surface area contributed by atoms with Crippen molar-refractivity contribution >= 4 is 17.6 Å². The lowest BCUT2D eigenvalue weighted by Gasteiger charge is -2.35. The number of rotatable bonds is 3. The van der Waals surface area contributed by atoms with Crippen LogP contribution in [0.25, 0.3) is 0 Å². The van der Waals surface area contributed by atoms with Crippen molar-refractivity contribution in [3.63, 3.8) is 0 Å². The first-order valence-corrected chi connectivity index (χ1v) is 12.0. The van der Waals surface area contributed by atoms with Gasteiger partial charge in [0.25, 0.3) is 0 Å². The molecule has 2 aromatic rings. The summed E-state index contributed by atoms with van der Waals surface area (Å²) in [5.74, 6) is 1.54. The van der Waals surface area contributed by atoms with Crippen molar-refractivity contribution in [2.24, 2.45) is 5.92 Å². The third kappa shape index (κ3) is 4.77. The molecule has 33 heavy (non-hydrogen) atoms. The zero-order valence-corrected chi connectivity index (χ0v) is 18.9. The number of nitrogens with zero attached hydrogens (tertiary/aromatic N) is 2. The molecule has 0 bridgehead atoms. The molecule has 1 N–H and O–H groups in total. The molecule has 174 valence electrons. The van der Waals surface area contributed by atoms with Gasteiger partial charge in [0.2, 0.25) is 5.91 Å². The van der Waals surface area contributed by atoms with E-state index < -0.39 is 0 Å². The highest BCUT2D eigenvalue weighted by atomic mass is 16.5. The predicted octanol–water partition coefficient (Wildman–Crippen LogP) is 4.46. The van der Waals surface area contributed by atoms with Crippen LogP contribution in [0.2, 0.25) is 0 Å². The number of anilines is 1. The van der Waals surface area contributed by atoms with E-state index >= 15 is 0 Å². The fraction of sp³-hybridized carbons (Fsp3) is 0.462. The highest BCUT2D eigenvalue weighted by Gasteiger charge is 2.37. The standard InChI is InChI=1S/C26H31N3O4/c30-25(20-7-4-13-28(18-20)26(31)27-21-8-2-1-3-9-21)29-14-5-10-22(29)19-11-12-23-24(17-19)33-16-6-15-32-23/h1-3,8-9,11-12,17,20,22H,4-7,10,13-16,18H2,(H,27,31). The Bertz CT molecular complexity index is 996. The number of hydrogen-bond acceptors (Lipinski definition) is 4. The molecule has 2 atom stereocenters. The second-order valence-electron chi connectivity index (χ2n) is 9.03. The van der Waals surface area contributed by atoms with Crippen molar-refractivity contribution in [2.45, 2.75) is 38.1 Å². The number of hydrogen-bond donors (Lipinski definition) is 1. The predicted molar refractivity (Wildman–Crippen MR) is 125 cm³/mol.